The number of aromatic nitrogens is 1. The lowest BCUT2D eigenvalue weighted by molar-refractivity contribution is -0.152. The summed E-state index contributed by atoms with van der Waals surface area (Å²) in [6.45, 7) is 4.42. The summed E-state index contributed by atoms with van der Waals surface area (Å²) in [5.74, 6) is -2.24. The van der Waals surface area contributed by atoms with Crippen LogP contribution in [0.2, 0.25) is 0 Å². The molecule has 2 aliphatic rings. The van der Waals surface area contributed by atoms with Crippen molar-refractivity contribution in [2.45, 2.75) is 70.1 Å². The number of para-hydroxylation sites is 1. The number of benzene rings is 1. The van der Waals surface area contributed by atoms with Gasteiger partial charge in [-0.25, -0.2) is 4.79 Å². The average Bonchev–Trinajstić information content (AvgIpc) is 3.62. The van der Waals surface area contributed by atoms with Gasteiger partial charge >= 0.3 is 5.97 Å². The van der Waals surface area contributed by atoms with E-state index in [4.69, 9.17) is 5.73 Å². The smallest absolute Gasteiger partial charge is 0.326 e. The first kappa shape index (κ1) is 25.7. The van der Waals surface area contributed by atoms with Crippen molar-refractivity contribution in [3.8, 4) is 0 Å². The van der Waals surface area contributed by atoms with Crippen LogP contribution >= 0.6 is 0 Å². The highest BCUT2D eigenvalue weighted by molar-refractivity contribution is 5.95. The second kappa shape index (κ2) is 10.7. The van der Waals surface area contributed by atoms with E-state index in [1.807, 2.05) is 44.3 Å². The largest absolute Gasteiger partial charge is 0.480 e. The molecule has 194 valence electrons. The van der Waals surface area contributed by atoms with Crippen molar-refractivity contribution in [2.24, 2.45) is 11.7 Å². The second-order valence-electron chi connectivity index (χ2n) is 10.1. The number of hydrogen-bond acceptors (Lipinski definition) is 5. The predicted octanol–water partition coefficient (Wildman–Crippen LogP) is 1.25. The van der Waals surface area contributed by atoms with Gasteiger partial charge in [-0.15, -0.1) is 0 Å². The molecule has 3 amide bonds. The summed E-state index contributed by atoms with van der Waals surface area (Å²) in [5, 5.41) is 13.3. The van der Waals surface area contributed by atoms with Gasteiger partial charge in [-0.2, -0.15) is 0 Å². The van der Waals surface area contributed by atoms with Crippen LogP contribution in [0, 0.1) is 5.92 Å². The van der Waals surface area contributed by atoms with Crippen LogP contribution in [0.4, 0.5) is 0 Å². The maximum Gasteiger partial charge on any atom is 0.326 e. The van der Waals surface area contributed by atoms with Crippen LogP contribution in [0.15, 0.2) is 30.5 Å². The van der Waals surface area contributed by atoms with Gasteiger partial charge in [0.2, 0.25) is 17.7 Å². The van der Waals surface area contributed by atoms with Crippen LogP contribution in [-0.2, 0) is 25.6 Å². The number of likely N-dealkylation sites (tertiary alicyclic amines) is 2. The molecule has 1 aromatic carbocycles. The molecule has 2 aromatic rings. The number of carbonyl (C=O) groups is 4. The summed E-state index contributed by atoms with van der Waals surface area (Å²) in [7, 11) is 0. The Kier molecular flexibility index (Phi) is 7.63. The van der Waals surface area contributed by atoms with Crippen LogP contribution in [0.3, 0.4) is 0 Å². The molecule has 2 saturated heterocycles. The number of aromatic amines is 1. The Morgan fingerprint density at radius 1 is 1.08 bits per heavy atom. The molecule has 10 heteroatoms. The minimum Gasteiger partial charge on any atom is -0.480 e. The molecule has 2 aliphatic heterocycles. The Balaban J connectivity index is 1.59. The minimum atomic E-state index is -1.02. The lowest BCUT2D eigenvalue weighted by atomic mass is 10.0. The van der Waals surface area contributed by atoms with Crippen LogP contribution < -0.4 is 11.1 Å². The van der Waals surface area contributed by atoms with E-state index < -0.39 is 36.0 Å². The van der Waals surface area contributed by atoms with Gasteiger partial charge in [0.1, 0.15) is 18.1 Å². The molecule has 36 heavy (non-hydrogen) atoms. The van der Waals surface area contributed by atoms with E-state index >= 15 is 0 Å². The third-order valence-electron chi connectivity index (χ3n) is 7.38. The van der Waals surface area contributed by atoms with E-state index in [1.54, 1.807) is 0 Å². The van der Waals surface area contributed by atoms with Crippen molar-refractivity contribution in [3.63, 3.8) is 0 Å². The monoisotopic (exact) mass is 497 g/mol. The Hall–Kier alpha value is -3.40. The maximum atomic E-state index is 13.9. The topological polar surface area (TPSA) is 149 Å². The number of hydrogen-bond donors (Lipinski definition) is 4. The first-order chi connectivity index (χ1) is 17.2. The SMILES string of the molecule is CC(C)[C@H](N)C(=O)N[C@@H](Cc1c[nH]c2ccccc12)C(=O)N1CCC[C@H]1C(=O)N1CCC[C@H]1C(=O)O. The third-order valence-corrected chi connectivity index (χ3v) is 7.38. The van der Waals surface area contributed by atoms with Crippen molar-refractivity contribution in [3.05, 3.63) is 36.0 Å². The number of nitrogens with two attached hydrogens (primary N) is 1. The molecule has 0 radical (unpaired) electrons. The number of H-pyrrole nitrogens is 1. The van der Waals surface area contributed by atoms with Gasteiger partial charge in [0.25, 0.3) is 0 Å². The summed E-state index contributed by atoms with van der Waals surface area (Å²) in [6.07, 6.45) is 4.19. The van der Waals surface area contributed by atoms with E-state index in [9.17, 15) is 24.3 Å². The van der Waals surface area contributed by atoms with Crippen molar-refractivity contribution in [1.29, 1.82) is 0 Å². The average molecular weight is 498 g/mol. The van der Waals surface area contributed by atoms with Crippen LogP contribution in [0.1, 0.15) is 45.1 Å². The molecule has 0 aliphatic carbocycles. The molecule has 0 spiro atoms. The number of nitrogens with zero attached hydrogens (tertiary/aromatic N) is 2. The number of aliphatic carboxylic acids is 1. The number of carbonyl (C=O) groups excluding carboxylic acids is 3. The molecule has 2 fully saturated rings. The number of fused-ring (bicyclic) bond motifs is 1. The Labute approximate surface area is 210 Å². The summed E-state index contributed by atoms with van der Waals surface area (Å²) in [4.78, 5) is 57.9. The minimum absolute atomic E-state index is 0.113. The Bertz CT molecular complexity index is 1140. The summed E-state index contributed by atoms with van der Waals surface area (Å²) in [6, 6.07) is 4.42. The highest BCUT2D eigenvalue weighted by atomic mass is 16.4. The third kappa shape index (κ3) is 5.09. The van der Waals surface area contributed by atoms with Gasteiger partial charge in [-0.1, -0.05) is 32.0 Å². The number of carboxylic acids is 1. The Morgan fingerprint density at radius 2 is 1.75 bits per heavy atom. The van der Waals surface area contributed by atoms with Gasteiger partial charge in [0, 0.05) is 36.6 Å². The zero-order valence-electron chi connectivity index (χ0n) is 20.8. The zero-order valence-corrected chi connectivity index (χ0v) is 20.8. The summed E-state index contributed by atoms with van der Waals surface area (Å²) >= 11 is 0. The lowest BCUT2D eigenvalue weighted by Crippen LogP contribution is -2.57. The van der Waals surface area contributed by atoms with Gasteiger partial charge in [-0.05, 0) is 43.2 Å². The number of carboxylic acid groups (broad SMARTS) is 1. The standard InChI is InChI=1S/C26H35N5O5/c1-15(2)22(27)23(32)29-19(13-16-14-28-18-8-4-3-7-17(16)18)24(33)30-11-5-9-20(30)25(34)31-12-6-10-21(31)26(35)36/h3-4,7-8,14-15,19-22,28H,5-6,9-13,27H2,1-2H3,(H,29,32)(H,35,36)/t19-,20-,21-,22-/m0/s1. The van der Waals surface area contributed by atoms with Crippen LogP contribution in [-0.4, -0.2) is 80.8 Å². The normalized spacial score (nSPS) is 21.7. The first-order valence-electron chi connectivity index (χ1n) is 12.6. The fourth-order valence-corrected chi connectivity index (χ4v) is 5.26. The molecule has 4 rings (SSSR count). The molecule has 4 atom stereocenters. The Morgan fingerprint density at radius 3 is 2.44 bits per heavy atom. The molecule has 0 saturated carbocycles. The van der Waals surface area contributed by atoms with E-state index in [2.05, 4.69) is 10.3 Å². The molecule has 5 N–H and O–H groups in total. The summed E-state index contributed by atoms with van der Waals surface area (Å²) < 4.78 is 0. The second-order valence-corrected chi connectivity index (χ2v) is 10.1. The van der Waals surface area contributed by atoms with Gasteiger partial charge in [0.05, 0.1) is 6.04 Å². The summed E-state index contributed by atoms with van der Waals surface area (Å²) in [5.41, 5.74) is 7.86. The highest BCUT2D eigenvalue weighted by Crippen LogP contribution is 2.27. The predicted molar refractivity (Wildman–Crippen MR) is 134 cm³/mol. The lowest BCUT2D eigenvalue weighted by Gasteiger charge is -2.32. The van der Waals surface area contributed by atoms with E-state index in [1.165, 1.54) is 9.80 Å². The van der Waals surface area contributed by atoms with Gasteiger partial charge < -0.3 is 30.9 Å². The molecule has 3 heterocycles. The quantitative estimate of drug-likeness (QED) is 0.431. The van der Waals surface area contributed by atoms with Crippen molar-refractivity contribution < 1.29 is 24.3 Å². The zero-order chi connectivity index (χ0) is 26.0. The molecule has 0 unspecified atom stereocenters. The van der Waals surface area contributed by atoms with E-state index in [0.717, 1.165) is 16.5 Å². The maximum absolute atomic E-state index is 13.9. The van der Waals surface area contributed by atoms with Crippen LogP contribution in [0.25, 0.3) is 10.9 Å². The fourth-order valence-electron chi connectivity index (χ4n) is 5.26. The van der Waals surface area contributed by atoms with Crippen molar-refractivity contribution in [2.75, 3.05) is 13.1 Å². The van der Waals surface area contributed by atoms with E-state index in [-0.39, 0.29) is 24.2 Å². The highest BCUT2D eigenvalue weighted by Gasteiger charge is 2.43. The number of amides is 3. The van der Waals surface area contributed by atoms with Crippen molar-refractivity contribution in [1.82, 2.24) is 20.1 Å². The number of nitrogens with one attached hydrogen (secondary N) is 2. The first-order valence-corrected chi connectivity index (χ1v) is 12.6. The number of rotatable bonds is 8. The molecule has 0 bridgehead atoms. The molecule has 1 aromatic heterocycles. The van der Waals surface area contributed by atoms with Gasteiger partial charge in [0.15, 0.2) is 0 Å². The molecule has 10 nitrogen and oxygen atoms in total. The van der Waals surface area contributed by atoms with Gasteiger partial charge in [-0.3, -0.25) is 14.4 Å². The van der Waals surface area contributed by atoms with Crippen LogP contribution in [0.5, 0.6) is 0 Å². The molecular formula is C26H35N5O5. The fraction of sp³-hybridized carbons (Fsp3) is 0.538. The molecular weight excluding hydrogens is 462 g/mol. The van der Waals surface area contributed by atoms with Crippen molar-refractivity contribution >= 4 is 34.6 Å². The van der Waals surface area contributed by atoms with E-state index in [0.29, 0.717) is 38.8 Å².